The van der Waals surface area contributed by atoms with Crippen molar-refractivity contribution in [3.8, 4) is 11.3 Å². The van der Waals surface area contributed by atoms with E-state index in [1.165, 1.54) is 6.39 Å². The fourth-order valence-electron chi connectivity index (χ4n) is 3.49. The number of anilines is 1. The number of benzene rings is 3. The van der Waals surface area contributed by atoms with Crippen LogP contribution in [-0.4, -0.2) is 10.9 Å². The summed E-state index contributed by atoms with van der Waals surface area (Å²) >= 11 is 0. The zero-order chi connectivity index (χ0) is 18.9. The fourth-order valence-corrected chi connectivity index (χ4v) is 3.49. The Bertz CT molecular complexity index is 1290. The molecule has 5 aromatic rings. The molecule has 0 unspecified atom stereocenters. The summed E-state index contributed by atoms with van der Waals surface area (Å²) in [5.41, 5.74) is 3.22. The third-order valence-electron chi connectivity index (χ3n) is 4.75. The van der Waals surface area contributed by atoms with Gasteiger partial charge in [-0.2, -0.15) is 0 Å². The van der Waals surface area contributed by atoms with Crippen molar-refractivity contribution in [1.29, 1.82) is 0 Å². The molecule has 3 aromatic carbocycles. The predicted octanol–water partition coefficient (Wildman–Crippen LogP) is 5.42. The van der Waals surface area contributed by atoms with Crippen molar-refractivity contribution in [3.05, 3.63) is 85.1 Å². The summed E-state index contributed by atoms with van der Waals surface area (Å²) in [6, 6.07) is 19.6. The first-order valence-corrected chi connectivity index (χ1v) is 8.94. The van der Waals surface area contributed by atoms with Crippen LogP contribution >= 0.6 is 0 Å². The van der Waals surface area contributed by atoms with E-state index in [4.69, 9.17) is 8.83 Å². The number of fused-ring (bicyclic) bond motifs is 3. The van der Waals surface area contributed by atoms with E-state index >= 15 is 0 Å². The maximum atomic E-state index is 12.7. The maximum absolute atomic E-state index is 12.7. The third-order valence-corrected chi connectivity index (χ3v) is 4.75. The number of aromatic nitrogens is 1. The molecule has 5 rings (SSSR count). The molecule has 0 saturated carbocycles. The zero-order valence-electron chi connectivity index (χ0n) is 14.9. The van der Waals surface area contributed by atoms with Gasteiger partial charge in [0.2, 0.25) is 5.91 Å². The van der Waals surface area contributed by atoms with Crippen LogP contribution in [0.2, 0.25) is 0 Å². The smallest absolute Gasteiger partial charge is 0.228 e. The van der Waals surface area contributed by atoms with Gasteiger partial charge >= 0.3 is 0 Å². The molecule has 0 saturated heterocycles. The quantitative estimate of drug-likeness (QED) is 0.460. The Morgan fingerprint density at radius 3 is 2.82 bits per heavy atom. The van der Waals surface area contributed by atoms with Gasteiger partial charge in [0.1, 0.15) is 5.58 Å². The van der Waals surface area contributed by atoms with E-state index < -0.39 is 0 Å². The van der Waals surface area contributed by atoms with Gasteiger partial charge in [-0.05, 0) is 29.0 Å². The van der Waals surface area contributed by atoms with Crippen LogP contribution < -0.4 is 5.32 Å². The van der Waals surface area contributed by atoms with Gasteiger partial charge in [0.15, 0.2) is 12.2 Å². The second-order valence-corrected chi connectivity index (χ2v) is 6.59. The van der Waals surface area contributed by atoms with E-state index in [9.17, 15) is 4.79 Å². The molecule has 5 nitrogen and oxygen atoms in total. The van der Waals surface area contributed by atoms with Gasteiger partial charge in [-0.3, -0.25) is 4.79 Å². The average molecular weight is 368 g/mol. The van der Waals surface area contributed by atoms with Crippen LogP contribution in [0.4, 0.5) is 5.69 Å². The van der Waals surface area contributed by atoms with Gasteiger partial charge in [-0.15, -0.1) is 0 Å². The van der Waals surface area contributed by atoms with Gasteiger partial charge < -0.3 is 14.2 Å². The largest absolute Gasteiger partial charge is 0.464 e. The molecule has 0 aliphatic carbocycles. The first-order valence-electron chi connectivity index (χ1n) is 8.94. The molecule has 136 valence electrons. The van der Waals surface area contributed by atoms with Crippen molar-refractivity contribution in [3.63, 3.8) is 0 Å². The number of carbonyl (C=O) groups is 1. The van der Waals surface area contributed by atoms with Gasteiger partial charge in [0.25, 0.3) is 0 Å². The van der Waals surface area contributed by atoms with Crippen molar-refractivity contribution in [2.24, 2.45) is 0 Å². The average Bonchev–Trinajstić information content (AvgIpc) is 3.39. The van der Waals surface area contributed by atoms with Crippen molar-refractivity contribution in [2.45, 2.75) is 6.42 Å². The van der Waals surface area contributed by atoms with Crippen LogP contribution in [-0.2, 0) is 11.2 Å². The molecule has 0 spiro atoms. The summed E-state index contributed by atoms with van der Waals surface area (Å²) in [5.74, 6) is 0.550. The Morgan fingerprint density at radius 1 is 1.00 bits per heavy atom. The first kappa shape index (κ1) is 16.3. The van der Waals surface area contributed by atoms with Crippen molar-refractivity contribution in [1.82, 2.24) is 4.98 Å². The minimum Gasteiger partial charge on any atom is -0.464 e. The Hall–Kier alpha value is -3.86. The molecule has 5 heteroatoms. The van der Waals surface area contributed by atoms with Crippen molar-refractivity contribution < 1.29 is 13.6 Å². The van der Waals surface area contributed by atoms with Crippen molar-refractivity contribution >= 4 is 33.3 Å². The number of oxazole rings is 1. The lowest BCUT2D eigenvalue weighted by Crippen LogP contribution is -2.14. The van der Waals surface area contributed by atoms with Gasteiger partial charge in [0, 0.05) is 22.2 Å². The monoisotopic (exact) mass is 368 g/mol. The highest BCUT2D eigenvalue weighted by Gasteiger charge is 2.14. The highest BCUT2D eigenvalue weighted by Crippen LogP contribution is 2.30. The predicted molar refractivity (Wildman–Crippen MR) is 108 cm³/mol. The Morgan fingerprint density at radius 2 is 1.93 bits per heavy atom. The zero-order valence-corrected chi connectivity index (χ0v) is 14.9. The third kappa shape index (κ3) is 2.93. The topological polar surface area (TPSA) is 68.3 Å². The second kappa shape index (κ2) is 6.70. The molecule has 1 N–H and O–H groups in total. The van der Waals surface area contributed by atoms with E-state index in [2.05, 4.69) is 22.4 Å². The summed E-state index contributed by atoms with van der Waals surface area (Å²) in [6.07, 6.45) is 4.92. The molecule has 2 aromatic heterocycles. The van der Waals surface area contributed by atoms with E-state index in [-0.39, 0.29) is 12.3 Å². The Balaban J connectivity index is 1.42. The molecule has 0 atom stereocenters. The summed E-state index contributed by atoms with van der Waals surface area (Å²) in [4.78, 5) is 16.6. The van der Waals surface area contributed by atoms with Crippen LogP contribution in [0.1, 0.15) is 5.56 Å². The van der Waals surface area contributed by atoms with Crippen LogP contribution in [0.15, 0.2) is 88.4 Å². The second-order valence-electron chi connectivity index (χ2n) is 6.59. The molecular weight excluding hydrogens is 352 g/mol. The lowest BCUT2D eigenvalue weighted by molar-refractivity contribution is -0.115. The molecule has 28 heavy (non-hydrogen) atoms. The number of hydrogen-bond donors (Lipinski definition) is 1. The van der Waals surface area contributed by atoms with Crippen LogP contribution in [0.25, 0.3) is 33.1 Å². The van der Waals surface area contributed by atoms with Gasteiger partial charge in [-0.25, -0.2) is 4.98 Å². The first-order chi connectivity index (χ1) is 13.8. The number of carbonyl (C=O) groups excluding carboxylic acids is 1. The number of hydrogen-bond acceptors (Lipinski definition) is 4. The van der Waals surface area contributed by atoms with Crippen LogP contribution in [0, 0.1) is 0 Å². The van der Waals surface area contributed by atoms with Gasteiger partial charge in [0.05, 0.1) is 18.9 Å². The van der Waals surface area contributed by atoms with E-state index in [0.717, 1.165) is 32.9 Å². The maximum Gasteiger partial charge on any atom is 0.228 e. The number of amides is 1. The molecule has 1 amide bonds. The van der Waals surface area contributed by atoms with E-state index in [0.29, 0.717) is 11.4 Å². The number of furan rings is 1. The van der Waals surface area contributed by atoms with Crippen molar-refractivity contribution in [2.75, 3.05) is 5.32 Å². The number of rotatable bonds is 4. The van der Waals surface area contributed by atoms with E-state index in [1.807, 2.05) is 48.5 Å². The minimum atomic E-state index is -0.106. The van der Waals surface area contributed by atoms with Gasteiger partial charge in [-0.1, -0.05) is 42.5 Å². The fraction of sp³-hybridized carbons (Fsp3) is 0.0435. The Kier molecular flexibility index (Phi) is 3.91. The summed E-state index contributed by atoms with van der Waals surface area (Å²) in [6.45, 7) is 0. The van der Waals surface area contributed by atoms with E-state index in [1.54, 1.807) is 12.5 Å². The van der Waals surface area contributed by atoms with Crippen LogP contribution in [0.5, 0.6) is 0 Å². The molecule has 0 bridgehead atoms. The lowest BCUT2D eigenvalue weighted by Gasteiger charge is -2.07. The minimum absolute atomic E-state index is 0.106. The molecule has 0 fully saturated rings. The lowest BCUT2D eigenvalue weighted by atomic mass is 10.0. The Labute approximate surface area is 160 Å². The molecule has 0 radical (unpaired) electrons. The van der Waals surface area contributed by atoms with Crippen LogP contribution in [0.3, 0.4) is 0 Å². The highest BCUT2D eigenvalue weighted by atomic mass is 16.3. The SMILES string of the molecule is O=C(Cc1coc2ccc3ccccc3c12)Nc1cccc(-c2cnco2)c1. The summed E-state index contributed by atoms with van der Waals surface area (Å²) in [5, 5.41) is 6.15. The molecular formula is C23H16N2O3. The summed E-state index contributed by atoms with van der Waals surface area (Å²) < 4.78 is 11.0. The highest BCUT2D eigenvalue weighted by molar-refractivity contribution is 6.09. The standard InChI is InChI=1S/C23H16N2O3/c26-22(25-18-6-3-5-16(10-18)21-12-24-14-28-21)11-17-13-27-20-9-8-15-4-1-2-7-19(15)23(17)20/h1-10,12-14H,11H2,(H,25,26). The molecule has 0 aliphatic rings. The molecule has 0 aliphatic heterocycles. The molecule has 2 heterocycles. The summed E-state index contributed by atoms with van der Waals surface area (Å²) in [7, 11) is 0. The normalized spacial score (nSPS) is 11.1. The number of nitrogens with one attached hydrogen (secondary N) is 1. The number of nitrogens with zero attached hydrogens (tertiary/aromatic N) is 1.